The van der Waals surface area contributed by atoms with E-state index in [4.69, 9.17) is 9.84 Å². The fourth-order valence-electron chi connectivity index (χ4n) is 1.20. The van der Waals surface area contributed by atoms with Crippen LogP contribution < -0.4 is 5.32 Å². The molecule has 0 heterocycles. The zero-order valence-corrected chi connectivity index (χ0v) is 13.6. The molecule has 0 aliphatic carbocycles. The molecule has 0 rings (SSSR count). The molecule has 138 valence electrons. The fraction of sp³-hybridized carbons (Fsp3) is 0.692. The second-order valence-corrected chi connectivity index (χ2v) is 4.55. The van der Waals surface area contributed by atoms with Crippen LogP contribution in [0.1, 0.15) is 20.8 Å². The number of esters is 2. The number of hydrogen-bond donors (Lipinski definition) is 2. The smallest absolute Gasteiger partial charge is 0.431 e. The van der Waals surface area contributed by atoms with Crippen LogP contribution in [0.25, 0.3) is 0 Å². The Morgan fingerprint density at radius 1 is 0.958 bits per heavy atom. The van der Waals surface area contributed by atoms with Gasteiger partial charge < -0.3 is 28.8 Å². The summed E-state index contributed by atoms with van der Waals surface area (Å²) in [4.78, 5) is 43.4. The topological polar surface area (TPSA) is 147 Å². The van der Waals surface area contributed by atoms with Crippen molar-refractivity contribution in [1.82, 2.24) is 5.32 Å². The van der Waals surface area contributed by atoms with Crippen LogP contribution >= 0.6 is 0 Å². The number of ether oxygens (including phenoxy) is 5. The minimum atomic E-state index is -1.24. The minimum absolute atomic E-state index is 0.0498. The number of rotatable bonds is 9. The van der Waals surface area contributed by atoms with Crippen molar-refractivity contribution in [3.8, 4) is 0 Å². The van der Waals surface area contributed by atoms with E-state index in [9.17, 15) is 19.2 Å². The number of aliphatic hydroxyl groups excluding tert-OH is 1. The molecule has 0 aliphatic heterocycles. The Morgan fingerprint density at radius 3 is 1.79 bits per heavy atom. The van der Waals surface area contributed by atoms with Gasteiger partial charge in [-0.1, -0.05) is 0 Å². The number of nitrogens with one attached hydrogen (secondary N) is 1. The third kappa shape index (κ3) is 13.4. The normalized spacial score (nSPS) is 11.5. The molecule has 11 heteroatoms. The van der Waals surface area contributed by atoms with Gasteiger partial charge in [-0.3, -0.25) is 14.9 Å². The van der Waals surface area contributed by atoms with Crippen molar-refractivity contribution in [3.63, 3.8) is 0 Å². The summed E-state index contributed by atoms with van der Waals surface area (Å²) in [6.07, 6.45) is -4.00. The minimum Gasteiger partial charge on any atom is -0.431 e. The summed E-state index contributed by atoms with van der Waals surface area (Å²) < 4.78 is 22.8. The van der Waals surface area contributed by atoms with Crippen LogP contribution in [0.2, 0.25) is 0 Å². The first-order chi connectivity index (χ1) is 11.2. The molecule has 0 bridgehead atoms. The summed E-state index contributed by atoms with van der Waals surface area (Å²) in [5.74, 6) is -1.70. The number of carbonyl (C=O) groups is 4. The molecule has 0 amide bonds. The summed E-state index contributed by atoms with van der Waals surface area (Å²) in [6, 6.07) is 0. The van der Waals surface area contributed by atoms with Crippen molar-refractivity contribution in [2.75, 3.05) is 26.5 Å². The van der Waals surface area contributed by atoms with Crippen molar-refractivity contribution < 1.29 is 48.0 Å². The Balaban J connectivity index is 4.31. The molecule has 11 nitrogen and oxygen atoms in total. The second kappa shape index (κ2) is 12.2. The standard InChI is InChI=1S/C13H21NO10/c1-8(15)4-14-7-22-11(5-20-12(18)23-9(2)16)6-21-13(19)24-10(3)17/h8,11,14-15H,4-7H2,1-3H3. The van der Waals surface area contributed by atoms with Crippen LogP contribution in [0.15, 0.2) is 0 Å². The second-order valence-electron chi connectivity index (χ2n) is 4.55. The van der Waals surface area contributed by atoms with E-state index >= 15 is 0 Å². The molecule has 0 saturated carbocycles. The highest BCUT2D eigenvalue weighted by molar-refractivity contribution is 5.80. The molecule has 1 atom stereocenters. The average molecular weight is 351 g/mol. The SMILES string of the molecule is CC(=O)OC(=O)OCC(COC(=O)OC(C)=O)OCNCC(C)O. The van der Waals surface area contributed by atoms with Crippen LogP contribution in [0.5, 0.6) is 0 Å². The van der Waals surface area contributed by atoms with Gasteiger partial charge in [-0.2, -0.15) is 0 Å². The molecule has 0 spiro atoms. The lowest BCUT2D eigenvalue weighted by Crippen LogP contribution is -2.34. The van der Waals surface area contributed by atoms with E-state index in [0.717, 1.165) is 13.8 Å². The van der Waals surface area contributed by atoms with Gasteiger partial charge in [0.05, 0.1) is 12.8 Å². The largest absolute Gasteiger partial charge is 0.516 e. The predicted octanol–water partition coefficient (Wildman–Crippen LogP) is -0.301. The fourth-order valence-corrected chi connectivity index (χ4v) is 1.20. The van der Waals surface area contributed by atoms with Crippen LogP contribution in [0, 0.1) is 0 Å². The maximum Gasteiger partial charge on any atom is 0.516 e. The Bertz CT molecular complexity index is 404. The van der Waals surface area contributed by atoms with Gasteiger partial charge in [-0.15, -0.1) is 0 Å². The molecule has 2 N–H and O–H groups in total. The van der Waals surface area contributed by atoms with E-state index < -0.39 is 49.7 Å². The first kappa shape index (κ1) is 21.8. The van der Waals surface area contributed by atoms with Crippen LogP contribution in [0.4, 0.5) is 9.59 Å². The van der Waals surface area contributed by atoms with Gasteiger partial charge in [0, 0.05) is 20.4 Å². The van der Waals surface area contributed by atoms with Gasteiger partial charge in [0.1, 0.15) is 19.3 Å². The van der Waals surface area contributed by atoms with Gasteiger partial charge in [0.25, 0.3) is 0 Å². The molecular formula is C13H21NO10. The van der Waals surface area contributed by atoms with E-state index in [1.807, 2.05) is 0 Å². The van der Waals surface area contributed by atoms with Crippen molar-refractivity contribution in [3.05, 3.63) is 0 Å². The Morgan fingerprint density at radius 2 is 1.42 bits per heavy atom. The lowest BCUT2D eigenvalue weighted by atomic mass is 10.4. The van der Waals surface area contributed by atoms with Crippen molar-refractivity contribution in [2.24, 2.45) is 0 Å². The Hall–Kier alpha value is -2.24. The lowest BCUT2D eigenvalue weighted by molar-refractivity contribution is -0.138. The first-order valence-corrected chi connectivity index (χ1v) is 6.91. The molecule has 0 fully saturated rings. The molecule has 24 heavy (non-hydrogen) atoms. The van der Waals surface area contributed by atoms with Crippen LogP contribution in [-0.2, 0) is 33.3 Å². The van der Waals surface area contributed by atoms with Crippen LogP contribution in [-0.4, -0.2) is 68.1 Å². The number of aliphatic hydroxyl groups is 1. The van der Waals surface area contributed by atoms with Gasteiger partial charge in [0.2, 0.25) is 0 Å². The quantitative estimate of drug-likeness (QED) is 0.244. The highest BCUT2D eigenvalue weighted by Gasteiger charge is 2.18. The van der Waals surface area contributed by atoms with Gasteiger partial charge in [-0.05, 0) is 6.92 Å². The third-order valence-corrected chi connectivity index (χ3v) is 2.09. The zero-order chi connectivity index (χ0) is 18.5. The van der Waals surface area contributed by atoms with E-state index in [2.05, 4.69) is 24.3 Å². The van der Waals surface area contributed by atoms with Gasteiger partial charge >= 0.3 is 24.2 Å². The summed E-state index contributed by atoms with van der Waals surface area (Å²) in [5, 5.41) is 11.8. The highest BCUT2D eigenvalue weighted by Crippen LogP contribution is 1.99. The third-order valence-electron chi connectivity index (χ3n) is 2.09. The maximum atomic E-state index is 11.1. The zero-order valence-electron chi connectivity index (χ0n) is 13.6. The molecule has 0 aromatic rings. The maximum absolute atomic E-state index is 11.1. The summed E-state index contributed by atoms with van der Waals surface area (Å²) >= 11 is 0. The number of hydrogen-bond acceptors (Lipinski definition) is 11. The molecule has 0 saturated heterocycles. The van der Waals surface area contributed by atoms with Crippen LogP contribution in [0.3, 0.4) is 0 Å². The summed E-state index contributed by atoms with van der Waals surface area (Å²) in [7, 11) is 0. The monoisotopic (exact) mass is 351 g/mol. The van der Waals surface area contributed by atoms with E-state index in [1.54, 1.807) is 6.92 Å². The average Bonchev–Trinajstić information content (AvgIpc) is 2.43. The van der Waals surface area contributed by atoms with Crippen molar-refractivity contribution in [1.29, 1.82) is 0 Å². The molecule has 0 aromatic carbocycles. The highest BCUT2D eigenvalue weighted by atomic mass is 16.8. The Labute approximate surface area is 138 Å². The molecule has 0 aliphatic rings. The lowest BCUT2D eigenvalue weighted by Gasteiger charge is -2.18. The molecular weight excluding hydrogens is 330 g/mol. The van der Waals surface area contributed by atoms with E-state index in [0.29, 0.717) is 0 Å². The van der Waals surface area contributed by atoms with Gasteiger partial charge in [0.15, 0.2) is 0 Å². The predicted molar refractivity (Wildman–Crippen MR) is 75.7 cm³/mol. The molecule has 1 unspecified atom stereocenters. The molecule has 0 aromatic heterocycles. The Kier molecular flexibility index (Phi) is 11.1. The first-order valence-electron chi connectivity index (χ1n) is 6.91. The number of carbonyl (C=O) groups excluding carboxylic acids is 4. The summed E-state index contributed by atoms with van der Waals surface area (Å²) in [5.41, 5.74) is 0. The van der Waals surface area contributed by atoms with Crippen molar-refractivity contribution in [2.45, 2.75) is 33.0 Å². The van der Waals surface area contributed by atoms with E-state index in [1.165, 1.54) is 0 Å². The van der Waals surface area contributed by atoms with Crippen molar-refractivity contribution >= 4 is 24.2 Å². The van der Waals surface area contributed by atoms with Gasteiger partial charge in [-0.25, -0.2) is 9.59 Å². The molecule has 0 radical (unpaired) electrons. The summed E-state index contributed by atoms with van der Waals surface area (Å²) in [6.45, 7) is 3.02. The van der Waals surface area contributed by atoms with E-state index in [-0.39, 0.29) is 13.3 Å².